The average Bonchev–Trinajstić information content (AvgIpc) is 3.52. The number of pyridine rings is 1. The number of benzene rings is 1. The quantitative estimate of drug-likeness (QED) is 0.573. The number of amides is 1. The minimum atomic E-state index is -0.689. The van der Waals surface area contributed by atoms with Gasteiger partial charge < -0.3 is 14.8 Å². The Kier molecular flexibility index (Phi) is 5.76. The lowest BCUT2D eigenvalue weighted by molar-refractivity contribution is -0.119. The van der Waals surface area contributed by atoms with Crippen molar-refractivity contribution in [2.75, 3.05) is 18.5 Å². The third-order valence-corrected chi connectivity index (χ3v) is 5.62. The van der Waals surface area contributed by atoms with Gasteiger partial charge in [-0.1, -0.05) is 24.3 Å². The van der Waals surface area contributed by atoms with E-state index in [1.54, 1.807) is 25.1 Å². The maximum absolute atomic E-state index is 12.4. The normalized spacial score (nSPS) is 13.1. The first-order valence-electron chi connectivity index (χ1n) is 9.68. The van der Waals surface area contributed by atoms with Gasteiger partial charge in [-0.25, -0.2) is 14.6 Å². The number of carbonyl (C=O) groups is 3. The van der Waals surface area contributed by atoms with E-state index in [-0.39, 0.29) is 12.3 Å². The molecular formula is C22H20N2O5S. The van der Waals surface area contributed by atoms with Crippen LogP contribution in [0.4, 0.5) is 5.00 Å². The first-order chi connectivity index (χ1) is 14.6. The van der Waals surface area contributed by atoms with Gasteiger partial charge in [-0.05, 0) is 48.8 Å². The van der Waals surface area contributed by atoms with Crippen LogP contribution in [0.25, 0.3) is 10.9 Å². The summed E-state index contributed by atoms with van der Waals surface area (Å²) in [6.45, 7) is 1.51. The lowest BCUT2D eigenvalue weighted by Gasteiger charge is -2.09. The third-order valence-electron chi connectivity index (χ3n) is 4.71. The van der Waals surface area contributed by atoms with Crippen LogP contribution in [0, 0.1) is 0 Å². The second kappa shape index (κ2) is 8.62. The van der Waals surface area contributed by atoms with E-state index >= 15 is 0 Å². The van der Waals surface area contributed by atoms with Crippen molar-refractivity contribution in [3.63, 3.8) is 0 Å². The van der Waals surface area contributed by atoms with Crippen LogP contribution >= 0.6 is 11.3 Å². The summed E-state index contributed by atoms with van der Waals surface area (Å²) in [6.07, 6.45) is 2.04. The van der Waals surface area contributed by atoms with Crippen molar-refractivity contribution in [2.24, 2.45) is 0 Å². The van der Waals surface area contributed by atoms with Crippen LogP contribution in [0.5, 0.6) is 0 Å². The fourth-order valence-corrected chi connectivity index (χ4v) is 4.17. The molecule has 0 radical (unpaired) electrons. The number of hydrogen-bond acceptors (Lipinski definition) is 7. The molecule has 1 amide bonds. The number of anilines is 1. The summed E-state index contributed by atoms with van der Waals surface area (Å²) in [5, 5.41) is 5.87. The van der Waals surface area contributed by atoms with Crippen molar-refractivity contribution in [1.82, 2.24) is 4.98 Å². The molecule has 1 saturated carbocycles. The first-order valence-corrected chi connectivity index (χ1v) is 10.6. The van der Waals surface area contributed by atoms with Crippen molar-refractivity contribution >= 4 is 45.1 Å². The number of para-hydroxylation sites is 1. The predicted molar refractivity (Wildman–Crippen MR) is 113 cm³/mol. The van der Waals surface area contributed by atoms with Gasteiger partial charge in [0.1, 0.15) is 10.7 Å². The number of thiophene rings is 1. The van der Waals surface area contributed by atoms with E-state index in [1.165, 1.54) is 11.3 Å². The SMILES string of the molecule is CCOC(=O)c1c(C2CC2)csc1NC(=O)COC(=O)c1ccc2ccccc2n1. The minimum absolute atomic E-state index is 0.126. The standard InChI is InChI=1S/C22H20N2O5S/c1-2-28-22(27)19-15(13-7-8-13)12-30-20(19)24-18(25)11-29-21(26)17-10-9-14-5-3-4-6-16(14)23-17/h3-6,9-10,12-13H,2,7-8,11H2,1H3,(H,24,25). The third kappa shape index (κ3) is 4.33. The molecule has 4 rings (SSSR count). The smallest absolute Gasteiger partial charge is 0.357 e. The molecule has 0 aliphatic heterocycles. The molecule has 1 aliphatic rings. The van der Waals surface area contributed by atoms with E-state index in [4.69, 9.17) is 9.47 Å². The van der Waals surface area contributed by atoms with Crippen LogP contribution < -0.4 is 5.32 Å². The molecule has 0 unspecified atom stereocenters. The number of esters is 2. The van der Waals surface area contributed by atoms with Gasteiger partial charge in [0, 0.05) is 5.39 Å². The maximum Gasteiger partial charge on any atom is 0.357 e. The maximum atomic E-state index is 12.4. The fourth-order valence-electron chi connectivity index (χ4n) is 3.12. The summed E-state index contributed by atoms with van der Waals surface area (Å²) < 4.78 is 10.2. The van der Waals surface area contributed by atoms with Gasteiger partial charge in [-0.15, -0.1) is 11.3 Å². The van der Waals surface area contributed by atoms with Crippen LogP contribution in [-0.2, 0) is 14.3 Å². The summed E-state index contributed by atoms with van der Waals surface area (Å²) in [5.41, 5.74) is 2.11. The molecule has 3 aromatic rings. The molecule has 8 heteroatoms. The van der Waals surface area contributed by atoms with Gasteiger partial charge in [-0.3, -0.25) is 4.79 Å². The lowest BCUT2D eigenvalue weighted by Crippen LogP contribution is -2.22. The van der Waals surface area contributed by atoms with Crippen molar-refractivity contribution in [2.45, 2.75) is 25.7 Å². The van der Waals surface area contributed by atoms with E-state index in [0.29, 0.717) is 22.0 Å². The predicted octanol–water partition coefficient (Wildman–Crippen LogP) is 4.15. The molecule has 1 aromatic carbocycles. The molecule has 1 N–H and O–H groups in total. The molecule has 0 spiro atoms. The van der Waals surface area contributed by atoms with Crippen LogP contribution in [0.1, 0.15) is 52.1 Å². The number of carbonyl (C=O) groups excluding carboxylic acids is 3. The number of nitrogens with one attached hydrogen (secondary N) is 1. The Hall–Kier alpha value is -3.26. The Balaban J connectivity index is 1.41. The summed E-state index contributed by atoms with van der Waals surface area (Å²) in [4.78, 5) is 41.2. The Morgan fingerprint density at radius 3 is 2.67 bits per heavy atom. The van der Waals surface area contributed by atoms with Crippen molar-refractivity contribution in [3.8, 4) is 0 Å². The zero-order chi connectivity index (χ0) is 21.1. The zero-order valence-corrected chi connectivity index (χ0v) is 17.2. The van der Waals surface area contributed by atoms with Gasteiger partial charge in [-0.2, -0.15) is 0 Å². The van der Waals surface area contributed by atoms with Gasteiger partial charge in [0.05, 0.1) is 17.7 Å². The van der Waals surface area contributed by atoms with Crippen LogP contribution in [-0.4, -0.2) is 36.0 Å². The summed E-state index contributed by atoms with van der Waals surface area (Å²) in [6, 6.07) is 10.7. The molecule has 0 bridgehead atoms. The number of ether oxygens (including phenoxy) is 2. The monoisotopic (exact) mass is 424 g/mol. The highest BCUT2D eigenvalue weighted by Gasteiger charge is 2.32. The largest absolute Gasteiger partial charge is 0.462 e. The van der Waals surface area contributed by atoms with Gasteiger partial charge >= 0.3 is 11.9 Å². The number of nitrogens with zero attached hydrogens (tertiary/aromatic N) is 1. The van der Waals surface area contributed by atoms with Gasteiger partial charge in [0.25, 0.3) is 5.91 Å². The van der Waals surface area contributed by atoms with Crippen LogP contribution in [0.3, 0.4) is 0 Å². The van der Waals surface area contributed by atoms with E-state index in [9.17, 15) is 14.4 Å². The highest BCUT2D eigenvalue weighted by atomic mass is 32.1. The van der Waals surface area contributed by atoms with Gasteiger partial charge in [0.15, 0.2) is 6.61 Å². The van der Waals surface area contributed by atoms with E-state index < -0.39 is 24.5 Å². The lowest BCUT2D eigenvalue weighted by atomic mass is 10.1. The zero-order valence-electron chi connectivity index (χ0n) is 16.3. The number of rotatable bonds is 7. The summed E-state index contributed by atoms with van der Waals surface area (Å²) in [5.74, 6) is -1.33. The minimum Gasteiger partial charge on any atom is -0.462 e. The fraction of sp³-hybridized carbons (Fsp3) is 0.273. The van der Waals surface area contributed by atoms with E-state index in [0.717, 1.165) is 23.8 Å². The highest BCUT2D eigenvalue weighted by Crippen LogP contribution is 2.46. The first kappa shape index (κ1) is 20.0. The van der Waals surface area contributed by atoms with Crippen molar-refractivity contribution < 1.29 is 23.9 Å². The molecule has 1 fully saturated rings. The van der Waals surface area contributed by atoms with Gasteiger partial charge in [0.2, 0.25) is 0 Å². The molecule has 0 atom stereocenters. The molecule has 1 aliphatic carbocycles. The Morgan fingerprint density at radius 2 is 1.90 bits per heavy atom. The molecular weight excluding hydrogens is 404 g/mol. The highest BCUT2D eigenvalue weighted by molar-refractivity contribution is 7.15. The van der Waals surface area contributed by atoms with Crippen LogP contribution in [0.2, 0.25) is 0 Å². The Bertz CT molecular complexity index is 1120. The topological polar surface area (TPSA) is 94.6 Å². The molecule has 0 saturated heterocycles. The van der Waals surface area contributed by atoms with Crippen molar-refractivity contribution in [1.29, 1.82) is 0 Å². The Labute approximate surface area is 177 Å². The molecule has 154 valence electrons. The summed E-state index contributed by atoms with van der Waals surface area (Å²) in [7, 11) is 0. The number of hydrogen-bond donors (Lipinski definition) is 1. The average molecular weight is 424 g/mol. The number of aromatic nitrogens is 1. The molecule has 2 aromatic heterocycles. The number of fused-ring (bicyclic) bond motifs is 1. The van der Waals surface area contributed by atoms with E-state index in [2.05, 4.69) is 10.3 Å². The van der Waals surface area contributed by atoms with E-state index in [1.807, 2.05) is 23.6 Å². The molecule has 30 heavy (non-hydrogen) atoms. The second-order valence-corrected chi connectivity index (χ2v) is 7.78. The second-order valence-electron chi connectivity index (χ2n) is 6.90. The molecule has 7 nitrogen and oxygen atoms in total. The Morgan fingerprint density at radius 1 is 1.10 bits per heavy atom. The molecule has 2 heterocycles. The summed E-state index contributed by atoms with van der Waals surface area (Å²) >= 11 is 1.27. The van der Waals surface area contributed by atoms with Crippen molar-refractivity contribution in [3.05, 3.63) is 58.6 Å². The van der Waals surface area contributed by atoms with Crippen LogP contribution in [0.15, 0.2) is 41.8 Å².